The van der Waals surface area contributed by atoms with Crippen LogP contribution in [-0.4, -0.2) is 39.5 Å². The Balaban J connectivity index is 1.60. The molecule has 1 fully saturated rings. The Morgan fingerprint density at radius 1 is 1.30 bits per heavy atom. The van der Waals surface area contributed by atoms with Crippen molar-refractivity contribution < 1.29 is 9.47 Å². The number of hydrogen-bond donors (Lipinski definition) is 2. The van der Waals surface area contributed by atoms with E-state index >= 15 is 0 Å². The van der Waals surface area contributed by atoms with Crippen LogP contribution in [0.4, 0.5) is 0 Å². The van der Waals surface area contributed by atoms with E-state index in [9.17, 15) is 4.79 Å². The van der Waals surface area contributed by atoms with Crippen LogP contribution in [0.25, 0.3) is 0 Å². The van der Waals surface area contributed by atoms with Crippen molar-refractivity contribution in [2.75, 3.05) is 13.2 Å². The number of morpholine rings is 1. The van der Waals surface area contributed by atoms with Crippen molar-refractivity contribution in [1.82, 2.24) is 20.1 Å². The molecular formula is C22H25ClN4O3. The molecule has 7 nitrogen and oxygen atoms in total. The lowest BCUT2D eigenvalue weighted by molar-refractivity contribution is -0.231. The number of rotatable bonds is 6. The van der Waals surface area contributed by atoms with Crippen molar-refractivity contribution in [3.05, 3.63) is 86.6 Å². The number of hydrogen-bond acceptors (Lipinski definition) is 5. The summed E-state index contributed by atoms with van der Waals surface area (Å²) in [6.45, 7) is 5.70. The van der Waals surface area contributed by atoms with Crippen LogP contribution in [0.3, 0.4) is 0 Å². The zero-order valence-corrected chi connectivity index (χ0v) is 17.7. The highest BCUT2D eigenvalue weighted by molar-refractivity contribution is 6.30. The molecule has 0 amide bonds. The fourth-order valence-corrected chi connectivity index (χ4v) is 4.15. The number of ether oxygens (including phenoxy) is 2. The van der Waals surface area contributed by atoms with E-state index in [4.69, 9.17) is 21.1 Å². The monoisotopic (exact) mass is 428 g/mol. The Morgan fingerprint density at radius 3 is 2.80 bits per heavy atom. The van der Waals surface area contributed by atoms with Crippen LogP contribution in [0.15, 0.2) is 53.3 Å². The summed E-state index contributed by atoms with van der Waals surface area (Å²) in [4.78, 5) is 16.4. The molecule has 3 aromatic rings. The highest BCUT2D eigenvalue weighted by Crippen LogP contribution is 2.34. The van der Waals surface area contributed by atoms with Gasteiger partial charge in [0.05, 0.1) is 25.3 Å². The van der Waals surface area contributed by atoms with Gasteiger partial charge in [-0.3, -0.25) is 9.88 Å². The highest BCUT2D eigenvalue weighted by atomic mass is 35.5. The maximum Gasteiger partial charge on any atom is 0.340 e. The molecule has 1 saturated heterocycles. The molecule has 30 heavy (non-hydrogen) atoms. The summed E-state index contributed by atoms with van der Waals surface area (Å²) in [5.41, 5.74) is 2.85. The minimum absolute atomic E-state index is 0.150. The molecule has 3 atom stereocenters. The van der Waals surface area contributed by atoms with E-state index in [2.05, 4.69) is 38.3 Å². The molecular weight excluding hydrogens is 404 g/mol. The summed E-state index contributed by atoms with van der Waals surface area (Å²) < 4.78 is 12.5. The first-order valence-electron chi connectivity index (χ1n) is 9.96. The SMILES string of the molecule is Cc1cc(Cl)cc(C(C)OC2OCCN(Cc3n[nH]c(=O)[nH]3)C2c2ccccc2)c1. The van der Waals surface area contributed by atoms with Crippen LogP contribution in [0, 0.1) is 6.92 Å². The zero-order valence-electron chi connectivity index (χ0n) is 17.0. The normalized spacial score (nSPS) is 20.9. The van der Waals surface area contributed by atoms with Gasteiger partial charge in [-0.2, -0.15) is 5.10 Å². The van der Waals surface area contributed by atoms with E-state index in [0.29, 0.717) is 30.5 Å². The molecule has 0 spiro atoms. The van der Waals surface area contributed by atoms with E-state index in [1.807, 2.05) is 44.2 Å². The fourth-order valence-electron chi connectivity index (χ4n) is 3.85. The molecule has 8 heteroatoms. The van der Waals surface area contributed by atoms with E-state index in [1.54, 1.807) is 0 Å². The van der Waals surface area contributed by atoms with Gasteiger partial charge in [-0.05, 0) is 42.7 Å². The Bertz CT molecular complexity index is 1020. The minimum atomic E-state index is -0.485. The number of aryl methyl sites for hydroxylation is 1. The third-order valence-electron chi connectivity index (χ3n) is 5.23. The second kappa shape index (κ2) is 9.14. The molecule has 1 aliphatic heterocycles. The zero-order chi connectivity index (χ0) is 21.1. The Kier molecular flexibility index (Phi) is 6.34. The van der Waals surface area contributed by atoms with Crippen LogP contribution >= 0.6 is 11.6 Å². The number of H-pyrrole nitrogens is 2. The largest absolute Gasteiger partial charge is 0.349 e. The molecule has 2 heterocycles. The number of nitrogens with zero attached hydrogens (tertiary/aromatic N) is 2. The molecule has 0 saturated carbocycles. The minimum Gasteiger partial charge on any atom is -0.349 e. The average Bonchev–Trinajstić information content (AvgIpc) is 3.13. The third kappa shape index (κ3) is 4.82. The van der Waals surface area contributed by atoms with Crippen LogP contribution < -0.4 is 5.69 Å². The van der Waals surface area contributed by atoms with Crippen molar-refractivity contribution in [3.63, 3.8) is 0 Å². The third-order valence-corrected chi connectivity index (χ3v) is 5.45. The lowest BCUT2D eigenvalue weighted by Crippen LogP contribution is -2.46. The molecule has 0 bridgehead atoms. The standard InChI is InChI=1S/C22H25ClN4O3/c1-14-10-17(12-18(23)11-14)15(2)30-21-20(16-6-4-3-5-7-16)27(8-9-29-21)13-19-24-22(28)26-25-19/h3-7,10-12,15,20-21H,8-9,13H2,1-2H3,(H2,24,25,26,28). The van der Waals surface area contributed by atoms with Gasteiger partial charge in [0, 0.05) is 11.6 Å². The van der Waals surface area contributed by atoms with Gasteiger partial charge in [0.1, 0.15) is 5.82 Å². The maximum atomic E-state index is 11.5. The first-order valence-corrected chi connectivity index (χ1v) is 10.3. The molecule has 3 unspecified atom stereocenters. The van der Waals surface area contributed by atoms with Crippen molar-refractivity contribution in [3.8, 4) is 0 Å². The fraction of sp³-hybridized carbons (Fsp3) is 0.364. The molecule has 0 radical (unpaired) electrons. The maximum absolute atomic E-state index is 11.5. The van der Waals surface area contributed by atoms with Crippen LogP contribution in [0.1, 0.15) is 41.6 Å². The number of benzene rings is 2. The van der Waals surface area contributed by atoms with Gasteiger partial charge in [-0.15, -0.1) is 0 Å². The van der Waals surface area contributed by atoms with Gasteiger partial charge >= 0.3 is 5.69 Å². The first-order chi connectivity index (χ1) is 14.5. The van der Waals surface area contributed by atoms with E-state index in [-0.39, 0.29) is 17.8 Å². The summed E-state index contributed by atoms with van der Waals surface area (Å²) >= 11 is 6.24. The Labute approximate surface area is 180 Å². The summed E-state index contributed by atoms with van der Waals surface area (Å²) in [7, 11) is 0. The second-order valence-electron chi connectivity index (χ2n) is 7.53. The van der Waals surface area contributed by atoms with Crippen LogP contribution in [0.2, 0.25) is 5.02 Å². The van der Waals surface area contributed by atoms with Crippen molar-refractivity contribution >= 4 is 11.6 Å². The Morgan fingerprint density at radius 2 is 2.10 bits per heavy atom. The number of halogens is 1. The number of aromatic amines is 2. The van der Waals surface area contributed by atoms with Gasteiger partial charge in [0.2, 0.25) is 0 Å². The van der Waals surface area contributed by atoms with Gasteiger partial charge < -0.3 is 9.47 Å². The summed E-state index contributed by atoms with van der Waals surface area (Å²) in [5.74, 6) is 0.583. The lowest BCUT2D eigenvalue weighted by atomic mass is 10.0. The first kappa shape index (κ1) is 20.8. The van der Waals surface area contributed by atoms with Gasteiger partial charge in [0.25, 0.3) is 0 Å². The molecule has 2 N–H and O–H groups in total. The predicted molar refractivity (Wildman–Crippen MR) is 114 cm³/mol. The average molecular weight is 429 g/mol. The molecule has 1 aliphatic rings. The Hall–Kier alpha value is -2.45. The van der Waals surface area contributed by atoms with Crippen molar-refractivity contribution in [2.24, 2.45) is 0 Å². The quantitative estimate of drug-likeness (QED) is 0.625. The summed E-state index contributed by atoms with van der Waals surface area (Å²) in [6.07, 6.45) is -0.690. The smallest absolute Gasteiger partial charge is 0.340 e. The van der Waals surface area contributed by atoms with Gasteiger partial charge in [-0.1, -0.05) is 48.0 Å². The van der Waals surface area contributed by atoms with Crippen LogP contribution in [-0.2, 0) is 16.0 Å². The van der Waals surface area contributed by atoms with Crippen molar-refractivity contribution in [1.29, 1.82) is 0 Å². The predicted octanol–water partition coefficient (Wildman–Crippen LogP) is 3.74. The molecule has 4 rings (SSSR count). The van der Waals surface area contributed by atoms with E-state index in [1.165, 1.54) is 0 Å². The topological polar surface area (TPSA) is 83.2 Å². The summed E-state index contributed by atoms with van der Waals surface area (Å²) in [6, 6.07) is 15.9. The highest BCUT2D eigenvalue weighted by Gasteiger charge is 2.36. The van der Waals surface area contributed by atoms with E-state index in [0.717, 1.165) is 16.7 Å². The van der Waals surface area contributed by atoms with Gasteiger partial charge in [0.15, 0.2) is 6.29 Å². The molecule has 1 aromatic heterocycles. The number of nitrogens with one attached hydrogen (secondary N) is 2. The van der Waals surface area contributed by atoms with Crippen LogP contribution in [0.5, 0.6) is 0 Å². The van der Waals surface area contributed by atoms with Gasteiger partial charge in [-0.25, -0.2) is 9.89 Å². The molecule has 158 valence electrons. The lowest BCUT2D eigenvalue weighted by Gasteiger charge is -2.41. The molecule has 0 aliphatic carbocycles. The summed E-state index contributed by atoms with van der Waals surface area (Å²) in [5, 5.41) is 7.17. The number of aromatic nitrogens is 3. The van der Waals surface area contributed by atoms with Crippen molar-refractivity contribution in [2.45, 2.75) is 38.8 Å². The second-order valence-corrected chi connectivity index (χ2v) is 7.97. The molecule has 2 aromatic carbocycles. The van der Waals surface area contributed by atoms with E-state index < -0.39 is 6.29 Å².